The summed E-state index contributed by atoms with van der Waals surface area (Å²) in [4.78, 5) is 12.3. The Kier molecular flexibility index (Phi) is 4.02. The van der Waals surface area contributed by atoms with Gasteiger partial charge in [-0.25, -0.2) is 0 Å². The van der Waals surface area contributed by atoms with Gasteiger partial charge in [0.1, 0.15) is 0 Å². The smallest absolute Gasteiger partial charge is 0.310 e. The predicted octanol–water partition coefficient (Wildman–Crippen LogP) is 4.36. The second-order valence-electron chi connectivity index (χ2n) is 6.08. The van der Waals surface area contributed by atoms with Gasteiger partial charge in [0, 0.05) is 11.8 Å². The van der Waals surface area contributed by atoms with E-state index in [2.05, 4.69) is 44.2 Å². The summed E-state index contributed by atoms with van der Waals surface area (Å²) in [6.07, 6.45) is 0. The summed E-state index contributed by atoms with van der Waals surface area (Å²) in [5, 5.41) is 0. The molecule has 1 unspecified atom stereocenters. The Bertz CT molecular complexity index is 675. The van der Waals surface area contributed by atoms with Crippen molar-refractivity contribution in [2.75, 3.05) is 6.61 Å². The second kappa shape index (κ2) is 5.96. The molecule has 0 spiro atoms. The Morgan fingerprint density at radius 1 is 0.955 bits per heavy atom. The van der Waals surface area contributed by atoms with Gasteiger partial charge in [0.2, 0.25) is 0 Å². The van der Waals surface area contributed by atoms with Crippen molar-refractivity contribution in [3.63, 3.8) is 0 Å². The maximum atomic E-state index is 12.3. The molecule has 2 aromatic rings. The van der Waals surface area contributed by atoms with Crippen LogP contribution in [-0.4, -0.2) is 12.6 Å². The van der Waals surface area contributed by atoms with E-state index in [1.807, 2.05) is 25.1 Å². The van der Waals surface area contributed by atoms with E-state index < -0.39 is 0 Å². The average molecular weight is 294 g/mol. The van der Waals surface area contributed by atoms with Crippen LogP contribution >= 0.6 is 0 Å². The van der Waals surface area contributed by atoms with Gasteiger partial charge in [0.05, 0.1) is 12.5 Å². The lowest BCUT2D eigenvalue weighted by molar-refractivity contribution is -0.144. The molecule has 2 nitrogen and oxygen atoms in total. The van der Waals surface area contributed by atoms with Crippen molar-refractivity contribution in [2.45, 2.75) is 32.6 Å². The van der Waals surface area contributed by atoms with E-state index >= 15 is 0 Å². The summed E-state index contributed by atoms with van der Waals surface area (Å²) < 4.78 is 5.28. The maximum absolute atomic E-state index is 12.3. The van der Waals surface area contributed by atoms with Gasteiger partial charge < -0.3 is 4.74 Å². The third-order valence-corrected chi connectivity index (χ3v) is 4.68. The van der Waals surface area contributed by atoms with Gasteiger partial charge in [0.15, 0.2) is 0 Å². The SMILES string of the molecule is CCOC(=O)C1[C@H](c2ccccc2)[C@H]1c1ccc(C)c(C)c1. The number of ether oxygens (including phenoxy) is 1. The zero-order valence-electron chi connectivity index (χ0n) is 13.4. The second-order valence-corrected chi connectivity index (χ2v) is 6.08. The summed E-state index contributed by atoms with van der Waals surface area (Å²) in [5.74, 6) is 0.354. The van der Waals surface area contributed by atoms with Crippen molar-refractivity contribution < 1.29 is 9.53 Å². The highest BCUT2D eigenvalue weighted by Crippen LogP contribution is 2.61. The Morgan fingerprint density at radius 2 is 1.64 bits per heavy atom. The van der Waals surface area contributed by atoms with Gasteiger partial charge >= 0.3 is 5.97 Å². The normalized spacial score (nSPS) is 23.1. The zero-order valence-corrected chi connectivity index (χ0v) is 13.4. The van der Waals surface area contributed by atoms with E-state index in [0.29, 0.717) is 6.61 Å². The number of esters is 1. The summed E-state index contributed by atoms with van der Waals surface area (Å²) in [5.41, 5.74) is 5.03. The molecule has 1 aliphatic rings. The predicted molar refractivity (Wildman–Crippen MR) is 88.0 cm³/mol. The summed E-state index contributed by atoms with van der Waals surface area (Å²) in [6.45, 7) is 6.54. The number of benzene rings is 2. The summed E-state index contributed by atoms with van der Waals surface area (Å²) in [7, 11) is 0. The molecule has 0 bridgehead atoms. The van der Waals surface area contributed by atoms with E-state index in [0.717, 1.165) is 0 Å². The highest BCUT2D eigenvalue weighted by Gasteiger charge is 2.57. The lowest BCUT2D eigenvalue weighted by atomic mass is 10.0. The molecule has 3 atom stereocenters. The molecule has 0 aliphatic heterocycles. The van der Waals surface area contributed by atoms with E-state index in [9.17, 15) is 4.79 Å². The number of rotatable bonds is 4. The molecule has 1 saturated carbocycles. The quantitative estimate of drug-likeness (QED) is 0.783. The molecule has 0 radical (unpaired) electrons. The average Bonchev–Trinajstić information content (AvgIpc) is 3.27. The van der Waals surface area contributed by atoms with Gasteiger partial charge in [-0.05, 0) is 43.0 Å². The summed E-state index contributed by atoms with van der Waals surface area (Å²) in [6, 6.07) is 16.8. The van der Waals surface area contributed by atoms with Gasteiger partial charge in [0.25, 0.3) is 0 Å². The Hall–Kier alpha value is -2.09. The van der Waals surface area contributed by atoms with Crippen LogP contribution in [0, 0.1) is 19.8 Å². The molecular weight excluding hydrogens is 272 g/mol. The van der Waals surface area contributed by atoms with Crippen molar-refractivity contribution in [1.29, 1.82) is 0 Å². The Morgan fingerprint density at radius 3 is 2.27 bits per heavy atom. The third kappa shape index (κ3) is 2.66. The zero-order chi connectivity index (χ0) is 15.7. The highest BCUT2D eigenvalue weighted by atomic mass is 16.5. The number of aryl methyl sites for hydroxylation is 2. The largest absolute Gasteiger partial charge is 0.466 e. The maximum Gasteiger partial charge on any atom is 0.310 e. The molecule has 114 valence electrons. The van der Waals surface area contributed by atoms with Crippen LogP contribution in [0.15, 0.2) is 48.5 Å². The van der Waals surface area contributed by atoms with Crippen LogP contribution in [0.25, 0.3) is 0 Å². The monoisotopic (exact) mass is 294 g/mol. The molecule has 3 rings (SSSR count). The molecule has 0 heterocycles. The Balaban J connectivity index is 1.93. The van der Waals surface area contributed by atoms with E-state index in [4.69, 9.17) is 4.74 Å². The molecule has 1 aliphatic carbocycles. The molecular formula is C20H22O2. The topological polar surface area (TPSA) is 26.3 Å². The van der Waals surface area contributed by atoms with Crippen LogP contribution < -0.4 is 0 Å². The van der Waals surface area contributed by atoms with E-state index in [1.54, 1.807) is 0 Å². The molecule has 0 aromatic heterocycles. The molecule has 22 heavy (non-hydrogen) atoms. The van der Waals surface area contributed by atoms with Crippen LogP contribution in [-0.2, 0) is 9.53 Å². The number of hydrogen-bond acceptors (Lipinski definition) is 2. The molecule has 0 N–H and O–H groups in total. The van der Waals surface area contributed by atoms with Crippen molar-refractivity contribution in [3.8, 4) is 0 Å². The van der Waals surface area contributed by atoms with Crippen LogP contribution in [0.2, 0.25) is 0 Å². The van der Waals surface area contributed by atoms with E-state index in [1.165, 1.54) is 22.3 Å². The van der Waals surface area contributed by atoms with Gasteiger partial charge in [-0.2, -0.15) is 0 Å². The standard InChI is InChI=1S/C20H22O2/c1-4-22-20(21)19-17(15-8-6-5-7-9-15)18(19)16-11-10-13(2)14(3)12-16/h5-12,17-19H,4H2,1-3H3/t17-,18-,19?/m1/s1. The molecule has 2 aromatic carbocycles. The first-order valence-electron chi connectivity index (χ1n) is 7.92. The van der Waals surface area contributed by atoms with Crippen LogP contribution in [0.5, 0.6) is 0 Å². The van der Waals surface area contributed by atoms with E-state index in [-0.39, 0.29) is 23.7 Å². The van der Waals surface area contributed by atoms with Gasteiger partial charge in [-0.1, -0.05) is 48.5 Å². The first kappa shape index (κ1) is 14.8. The fourth-order valence-electron chi connectivity index (χ4n) is 3.32. The minimum Gasteiger partial charge on any atom is -0.466 e. The van der Waals surface area contributed by atoms with Crippen molar-refractivity contribution in [2.24, 2.45) is 5.92 Å². The minimum absolute atomic E-state index is 0.0514. The highest BCUT2D eigenvalue weighted by molar-refractivity contribution is 5.80. The van der Waals surface area contributed by atoms with Gasteiger partial charge in [-0.15, -0.1) is 0 Å². The van der Waals surface area contributed by atoms with Crippen molar-refractivity contribution >= 4 is 5.97 Å². The first-order chi connectivity index (χ1) is 10.6. The van der Waals surface area contributed by atoms with Crippen LogP contribution in [0.3, 0.4) is 0 Å². The van der Waals surface area contributed by atoms with Crippen molar-refractivity contribution in [3.05, 3.63) is 70.8 Å². The van der Waals surface area contributed by atoms with Gasteiger partial charge in [-0.3, -0.25) is 4.79 Å². The first-order valence-corrected chi connectivity index (χ1v) is 7.92. The molecule has 2 heteroatoms. The number of carbonyl (C=O) groups excluding carboxylic acids is 1. The number of hydrogen-bond donors (Lipinski definition) is 0. The van der Waals surface area contributed by atoms with Crippen LogP contribution in [0.1, 0.15) is 41.0 Å². The molecule has 1 fully saturated rings. The number of carbonyl (C=O) groups is 1. The summed E-state index contributed by atoms with van der Waals surface area (Å²) >= 11 is 0. The minimum atomic E-state index is -0.0698. The molecule has 0 amide bonds. The molecule has 0 saturated heterocycles. The van der Waals surface area contributed by atoms with Crippen LogP contribution in [0.4, 0.5) is 0 Å². The lowest BCUT2D eigenvalue weighted by Crippen LogP contribution is -2.08. The fraction of sp³-hybridized carbons (Fsp3) is 0.350. The van der Waals surface area contributed by atoms with Crippen molar-refractivity contribution in [1.82, 2.24) is 0 Å². The fourth-order valence-corrected chi connectivity index (χ4v) is 3.32. The lowest BCUT2D eigenvalue weighted by Gasteiger charge is -2.05. The Labute approximate surface area is 132 Å². The third-order valence-electron chi connectivity index (χ3n) is 4.68.